The molecule has 1 aliphatic rings. The molecule has 0 bridgehead atoms. The van der Waals surface area contributed by atoms with E-state index in [1.165, 1.54) is 0 Å². The molecular weight excluding hydrogens is 180 g/mol. The molecule has 1 fully saturated rings. The summed E-state index contributed by atoms with van der Waals surface area (Å²) in [6.07, 6.45) is 0.310. The van der Waals surface area contributed by atoms with Gasteiger partial charge in [0.1, 0.15) is 0 Å². The smallest absolute Gasteiger partial charge is 0.222 e. The zero-order valence-corrected chi connectivity index (χ0v) is 9.04. The van der Waals surface area contributed by atoms with Gasteiger partial charge in [-0.2, -0.15) is 0 Å². The Bertz CT molecular complexity index is 236. The Labute approximate surface area is 84.7 Å². The van der Waals surface area contributed by atoms with E-state index in [-0.39, 0.29) is 23.8 Å². The Morgan fingerprint density at radius 3 is 2.43 bits per heavy atom. The third-order valence-electron chi connectivity index (χ3n) is 2.76. The second-order valence-corrected chi connectivity index (χ2v) is 3.63. The van der Waals surface area contributed by atoms with Gasteiger partial charge in [0.15, 0.2) is 5.78 Å². The number of amides is 1. The lowest BCUT2D eigenvalue weighted by atomic mass is 9.97. The normalized spacial score (nSPS) is 28.0. The molecule has 0 aromatic rings. The molecule has 0 radical (unpaired) electrons. The number of carbonyl (C=O) groups is 2. The van der Waals surface area contributed by atoms with E-state index >= 15 is 0 Å². The van der Waals surface area contributed by atoms with Crippen molar-refractivity contribution in [3.8, 4) is 0 Å². The summed E-state index contributed by atoms with van der Waals surface area (Å²) >= 11 is 0. The molecule has 0 spiro atoms. The lowest BCUT2D eigenvalue weighted by molar-refractivity contribution is -0.137. The summed E-state index contributed by atoms with van der Waals surface area (Å²) in [5.41, 5.74) is 0. The monoisotopic (exact) mass is 198 g/mol. The molecule has 2 atom stereocenters. The predicted octanol–water partition coefficient (Wildman–Crippen LogP) is 0.174. The fourth-order valence-electron chi connectivity index (χ4n) is 1.91. The van der Waals surface area contributed by atoms with E-state index in [1.807, 2.05) is 18.7 Å². The largest absolute Gasteiger partial charge is 0.346 e. The van der Waals surface area contributed by atoms with E-state index in [0.29, 0.717) is 6.42 Å². The molecule has 4 heteroatoms. The summed E-state index contributed by atoms with van der Waals surface area (Å²) in [5.74, 6) is 0.113. The fraction of sp³-hybridized carbons (Fsp3) is 0.800. The summed E-state index contributed by atoms with van der Waals surface area (Å²) in [6, 6.07) is -0.546. The molecule has 1 rings (SSSR count). The summed E-state index contributed by atoms with van der Waals surface area (Å²) in [5, 5.41) is 2.65. The molecule has 14 heavy (non-hydrogen) atoms. The first kappa shape index (κ1) is 11.2. The van der Waals surface area contributed by atoms with Crippen LogP contribution in [0.2, 0.25) is 0 Å². The van der Waals surface area contributed by atoms with Crippen molar-refractivity contribution in [3.63, 3.8) is 0 Å². The molecule has 1 heterocycles. The van der Waals surface area contributed by atoms with Crippen molar-refractivity contribution in [2.24, 2.45) is 0 Å². The van der Waals surface area contributed by atoms with Crippen LogP contribution < -0.4 is 5.32 Å². The number of nitrogens with zero attached hydrogens (tertiary/aromatic N) is 1. The van der Waals surface area contributed by atoms with Gasteiger partial charge in [-0.25, -0.2) is 0 Å². The highest BCUT2D eigenvalue weighted by molar-refractivity contribution is 5.99. The number of piperidine rings is 1. The Morgan fingerprint density at radius 2 is 1.93 bits per heavy atom. The average Bonchev–Trinajstić information content (AvgIpc) is 2.15. The highest BCUT2D eigenvalue weighted by Crippen LogP contribution is 2.12. The second-order valence-electron chi connectivity index (χ2n) is 3.63. The highest BCUT2D eigenvalue weighted by Gasteiger charge is 2.34. The molecule has 1 amide bonds. The van der Waals surface area contributed by atoms with Crippen molar-refractivity contribution in [1.29, 1.82) is 0 Å². The van der Waals surface area contributed by atoms with Gasteiger partial charge in [-0.05, 0) is 20.0 Å². The molecule has 4 nitrogen and oxygen atoms in total. The zero-order chi connectivity index (χ0) is 10.7. The maximum atomic E-state index is 11.8. The fourth-order valence-corrected chi connectivity index (χ4v) is 1.91. The Morgan fingerprint density at radius 1 is 1.36 bits per heavy atom. The summed E-state index contributed by atoms with van der Waals surface area (Å²) in [7, 11) is 0. The number of rotatable bonds is 3. The van der Waals surface area contributed by atoms with Gasteiger partial charge >= 0.3 is 0 Å². The number of hydrogen-bond donors (Lipinski definition) is 1. The van der Waals surface area contributed by atoms with Crippen LogP contribution in [0.5, 0.6) is 0 Å². The summed E-state index contributed by atoms with van der Waals surface area (Å²) in [4.78, 5) is 25.1. The zero-order valence-electron chi connectivity index (χ0n) is 9.04. The topological polar surface area (TPSA) is 49.4 Å². The third-order valence-corrected chi connectivity index (χ3v) is 2.76. The number of hydrogen-bond acceptors (Lipinski definition) is 3. The number of ketones is 1. The lowest BCUT2D eigenvalue weighted by Gasteiger charge is -2.33. The predicted molar refractivity (Wildman–Crippen MR) is 53.9 cm³/mol. The van der Waals surface area contributed by atoms with Crippen LogP contribution in [0.1, 0.15) is 27.2 Å². The van der Waals surface area contributed by atoms with Crippen molar-refractivity contribution < 1.29 is 9.59 Å². The van der Waals surface area contributed by atoms with E-state index in [4.69, 9.17) is 0 Å². The van der Waals surface area contributed by atoms with Crippen molar-refractivity contribution >= 4 is 11.7 Å². The van der Waals surface area contributed by atoms with Crippen molar-refractivity contribution in [2.45, 2.75) is 39.3 Å². The first-order valence-corrected chi connectivity index (χ1v) is 5.17. The number of Topliss-reactive ketones (excluding diaryl/α,β-unsaturated/α-hetero) is 1. The third kappa shape index (κ3) is 2.12. The molecule has 0 aromatic heterocycles. The van der Waals surface area contributed by atoms with Gasteiger partial charge < -0.3 is 5.32 Å². The quantitative estimate of drug-likeness (QED) is 0.703. The summed E-state index contributed by atoms with van der Waals surface area (Å²) < 4.78 is 0. The number of likely N-dealkylation sites (N-methyl/N-ethyl adjacent to an activating group) is 1. The highest BCUT2D eigenvalue weighted by atomic mass is 16.2. The van der Waals surface area contributed by atoms with E-state index in [1.54, 1.807) is 6.92 Å². The number of carbonyl (C=O) groups excluding carboxylic acids is 2. The minimum Gasteiger partial charge on any atom is -0.346 e. The van der Waals surface area contributed by atoms with Crippen LogP contribution in [0.15, 0.2) is 0 Å². The maximum absolute atomic E-state index is 11.8. The second kappa shape index (κ2) is 4.55. The van der Waals surface area contributed by atoms with Crippen molar-refractivity contribution in [3.05, 3.63) is 0 Å². The van der Waals surface area contributed by atoms with Gasteiger partial charge in [0, 0.05) is 6.42 Å². The minimum atomic E-state index is -0.332. The van der Waals surface area contributed by atoms with Crippen LogP contribution in [0.4, 0.5) is 0 Å². The van der Waals surface area contributed by atoms with Gasteiger partial charge in [-0.3, -0.25) is 14.5 Å². The average molecular weight is 198 g/mol. The molecule has 1 aliphatic heterocycles. The number of nitrogens with one attached hydrogen (secondary N) is 1. The standard InChI is InChI=1S/C10H18N2O2/c1-4-12(5-2)8-6-9(13)11-7(3)10(8)14/h7-8H,4-6H2,1-3H3,(H,11,13)/t7?,8-/m1/s1. The van der Waals surface area contributed by atoms with Crippen LogP contribution in [0.25, 0.3) is 0 Å². The molecule has 0 aliphatic carbocycles. The Kier molecular flexibility index (Phi) is 3.63. The van der Waals surface area contributed by atoms with Crippen LogP contribution in [0.3, 0.4) is 0 Å². The van der Waals surface area contributed by atoms with Crippen molar-refractivity contribution in [2.75, 3.05) is 13.1 Å². The molecule has 0 aromatic carbocycles. The lowest BCUT2D eigenvalue weighted by Crippen LogP contribution is -2.56. The van der Waals surface area contributed by atoms with Crippen LogP contribution >= 0.6 is 0 Å². The van der Waals surface area contributed by atoms with Crippen LogP contribution in [0, 0.1) is 0 Å². The van der Waals surface area contributed by atoms with Crippen LogP contribution in [-0.4, -0.2) is 41.8 Å². The van der Waals surface area contributed by atoms with Crippen LogP contribution in [-0.2, 0) is 9.59 Å². The van der Waals surface area contributed by atoms with Crippen molar-refractivity contribution in [1.82, 2.24) is 10.2 Å². The van der Waals surface area contributed by atoms with Gasteiger partial charge in [-0.15, -0.1) is 0 Å². The molecule has 0 saturated carbocycles. The van der Waals surface area contributed by atoms with E-state index in [0.717, 1.165) is 13.1 Å². The first-order valence-electron chi connectivity index (χ1n) is 5.17. The van der Waals surface area contributed by atoms with Gasteiger partial charge in [0.25, 0.3) is 0 Å². The molecule has 1 N–H and O–H groups in total. The van der Waals surface area contributed by atoms with Gasteiger partial charge in [0.05, 0.1) is 12.1 Å². The SMILES string of the molecule is CCN(CC)[C@@H]1CC(=O)NC(C)C1=O. The molecule has 1 saturated heterocycles. The van der Waals surface area contributed by atoms with Gasteiger partial charge in [-0.1, -0.05) is 13.8 Å². The summed E-state index contributed by atoms with van der Waals surface area (Å²) in [6.45, 7) is 7.39. The van der Waals surface area contributed by atoms with E-state index < -0.39 is 0 Å². The molecule has 1 unspecified atom stereocenters. The van der Waals surface area contributed by atoms with Gasteiger partial charge in [0.2, 0.25) is 5.91 Å². The first-order chi connectivity index (χ1) is 6.60. The maximum Gasteiger partial charge on any atom is 0.222 e. The molecular formula is C10H18N2O2. The van der Waals surface area contributed by atoms with E-state index in [9.17, 15) is 9.59 Å². The minimum absolute atomic E-state index is 0.0194. The Balaban J connectivity index is 2.74. The molecule has 80 valence electrons. The van der Waals surface area contributed by atoms with E-state index in [2.05, 4.69) is 5.32 Å². The Hall–Kier alpha value is -0.900.